The molecule has 6 heteroatoms. The first kappa shape index (κ1) is 20.0. The molecule has 28 heavy (non-hydrogen) atoms. The predicted molar refractivity (Wildman–Crippen MR) is 103 cm³/mol. The van der Waals surface area contributed by atoms with E-state index in [1.165, 1.54) is 36.4 Å². The number of benzene rings is 2. The van der Waals surface area contributed by atoms with Gasteiger partial charge in [-0.1, -0.05) is 19.1 Å². The Hall–Kier alpha value is -2.76. The van der Waals surface area contributed by atoms with E-state index in [9.17, 15) is 18.4 Å². The van der Waals surface area contributed by atoms with E-state index in [0.29, 0.717) is 44.6 Å². The zero-order valence-corrected chi connectivity index (χ0v) is 15.9. The molecule has 1 unspecified atom stereocenters. The Morgan fingerprint density at radius 2 is 1.39 bits per heavy atom. The highest BCUT2D eigenvalue weighted by atomic mass is 19.1. The predicted octanol–water partition coefficient (Wildman–Crippen LogP) is 3.52. The molecule has 0 N–H and O–H groups in total. The number of carbonyl (C=O) groups excluding carboxylic acids is 2. The van der Waals surface area contributed by atoms with Crippen LogP contribution in [-0.4, -0.2) is 47.8 Å². The first-order valence-corrected chi connectivity index (χ1v) is 9.52. The molecule has 4 nitrogen and oxygen atoms in total. The minimum absolute atomic E-state index is 0.0420. The van der Waals surface area contributed by atoms with Crippen molar-refractivity contribution in [3.63, 3.8) is 0 Å². The highest BCUT2D eigenvalue weighted by molar-refractivity contribution is 5.94. The second-order valence-electron chi connectivity index (χ2n) is 7.21. The average molecular weight is 386 g/mol. The van der Waals surface area contributed by atoms with E-state index in [4.69, 9.17) is 0 Å². The molecule has 1 saturated heterocycles. The Morgan fingerprint density at radius 1 is 0.857 bits per heavy atom. The maximum absolute atomic E-state index is 13.1. The van der Waals surface area contributed by atoms with Crippen LogP contribution in [0, 0.1) is 17.6 Å². The van der Waals surface area contributed by atoms with Gasteiger partial charge in [0.25, 0.3) is 5.91 Å². The van der Waals surface area contributed by atoms with Crippen molar-refractivity contribution in [2.24, 2.45) is 5.92 Å². The molecule has 148 valence electrons. The summed E-state index contributed by atoms with van der Waals surface area (Å²) in [6.07, 6.45) is 1.25. The SMILES string of the molecule is CC(Cc1ccc(F)cc1)C(=O)N1CCCN(C(=O)c2ccc(F)cc2)CC1. The lowest BCUT2D eigenvalue weighted by Gasteiger charge is -2.25. The maximum atomic E-state index is 13.1. The summed E-state index contributed by atoms with van der Waals surface area (Å²) < 4.78 is 26.1. The summed E-state index contributed by atoms with van der Waals surface area (Å²) >= 11 is 0. The fraction of sp³-hybridized carbons (Fsp3) is 0.364. The van der Waals surface area contributed by atoms with Crippen LogP contribution in [0.2, 0.25) is 0 Å². The minimum atomic E-state index is -0.376. The van der Waals surface area contributed by atoms with Crippen LogP contribution < -0.4 is 0 Å². The van der Waals surface area contributed by atoms with Gasteiger partial charge in [0.2, 0.25) is 5.91 Å². The molecule has 0 saturated carbocycles. The Labute approximate surface area is 163 Å². The number of hydrogen-bond donors (Lipinski definition) is 0. The molecule has 1 atom stereocenters. The van der Waals surface area contributed by atoms with Gasteiger partial charge in [-0.3, -0.25) is 9.59 Å². The van der Waals surface area contributed by atoms with Crippen LogP contribution in [0.25, 0.3) is 0 Å². The van der Waals surface area contributed by atoms with Crippen molar-refractivity contribution >= 4 is 11.8 Å². The highest BCUT2D eigenvalue weighted by Gasteiger charge is 2.25. The Balaban J connectivity index is 1.57. The molecule has 2 aromatic rings. The van der Waals surface area contributed by atoms with Gasteiger partial charge >= 0.3 is 0 Å². The number of halogens is 2. The molecule has 1 heterocycles. The molecule has 0 aromatic heterocycles. The van der Waals surface area contributed by atoms with E-state index in [-0.39, 0.29) is 29.4 Å². The summed E-state index contributed by atoms with van der Waals surface area (Å²) in [5.74, 6) is -0.987. The Kier molecular flexibility index (Phi) is 6.39. The van der Waals surface area contributed by atoms with Gasteiger partial charge in [-0.05, 0) is 54.8 Å². The number of hydrogen-bond acceptors (Lipinski definition) is 2. The van der Waals surface area contributed by atoms with E-state index in [0.717, 1.165) is 5.56 Å². The van der Waals surface area contributed by atoms with Crippen molar-refractivity contribution in [3.05, 3.63) is 71.3 Å². The summed E-state index contributed by atoms with van der Waals surface area (Å²) in [5, 5.41) is 0. The summed E-state index contributed by atoms with van der Waals surface area (Å²) in [4.78, 5) is 28.9. The second kappa shape index (κ2) is 8.95. The molecule has 1 fully saturated rings. The second-order valence-corrected chi connectivity index (χ2v) is 7.21. The lowest BCUT2D eigenvalue weighted by molar-refractivity contribution is -0.134. The summed E-state index contributed by atoms with van der Waals surface area (Å²) in [7, 11) is 0. The molecule has 0 radical (unpaired) electrons. The standard InChI is InChI=1S/C22H24F2N2O2/c1-16(15-17-3-7-19(23)8-4-17)21(27)25-11-2-12-26(14-13-25)22(28)18-5-9-20(24)10-6-18/h3-10,16H,2,11-15H2,1H3. The smallest absolute Gasteiger partial charge is 0.253 e. The van der Waals surface area contributed by atoms with Crippen LogP contribution >= 0.6 is 0 Å². The fourth-order valence-electron chi connectivity index (χ4n) is 3.49. The third-order valence-electron chi connectivity index (χ3n) is 5.06. The van der Waals surface area contributed by atoms with Gasteiger partial charge in [0.15, 0.2) is 0 Å². The monoisotopic (exact) mass is 386 g/mol. The molecule has 1 aliphatic heterocycles. The van der Waals surface area contributed by atoms with E-state index < -0.39 is 0 Å². The van der Waals surface area contributed by atoms with Crippen molar-refractivity contribution in [2.45, 2.75) is 19.8 Å². The van der Waals surface area contributed by atoms with Crippen molar-refractivity contribution in [1.29, 1.82) is 0 Å². The first-order valence-electron chi connectivity index (χ1n) is 9.52. The van der Waals surface area contributed by atoms with E-state index in [2.05, 4.69) is 0 Å². The molecule has 0 bridgehead atoms. The van der Waals surface area contributed by atoms with Crippen molar-refractivity contribution in [3.8, 4) is 0 Å². The van der Waals surface area contributed by atoms with Gasteiger partial charge in [0, 0.05) is 37.7 Å². The van der Waals surface area contributed by atoms with Gasteiger partial charge in [-0.25, -0.2) is 8.78 Å². The van der Waals surface area contributed by atoms with Crippen LogP contribution in [0.4, 0.5) is 8.78 Å². The van der Waals surface area contributed by atoms with Crippen LogP contribution in [0.15, 0.2) is 48.5 Å². The van der Waals surface area contributed by atoms with E-state index in [1.807, 2.05) is 6.92 Å². The molecular formula is C22H24F2N2O2. The van der Waals surface area contributed by atoms with Gasteiger partial charge in [-0.15, -0.1) is 0 Å². The third kappa shape index (κ3) is 4.94. The average Bonchev–Trinajstić information content (AvgIpc) is 2.95. The maximum Gasteiger partial charge on any atom is 0.253 e. The summed E-state index contributed by atoms with van der Waals surface area (Å²) in [6, 6.07) is 11.7. The van der Waals surface area contributed by atoms with Crippen molar-refractivity contribution in [2.75, 3.05) is 26.2 Å². The van der Waals surface area contributed by atoms with Gasteiger partial charge < -0.3 is 9.80 Å². The molecule has 0 aliphatic carbocycles. The van der Waals surface area contributed by atoms with Gasteiger partial charge in [-0.2, -0.15) is 0 Å². The van der Waals surface area contributed by atoms with Gasteiger partial charge in [0.05, 0.1) is 0 Å². The lowest BCUT2D eigenvalue weighted by Crippen LogP contribution is -2.39. The van der Waals surface area contributed by atoms with Crippen LogP contribution in [0.3, 0.4) is 0 Å². The quantitative estimate of drug-likeness (QED) is 0.807. The lowest BCUT2D eigenvalue weighted by atomic mass is 9.99. The Morgan fingerprint density at radius 3 is 2.04 bits per heavy atom. The van der Waals surface area contributed by atoms with E-state index in [1.54, 1.807) is 21.9 Å². The zero-order chi connectivity index (χ0) is 20.1. The number of nitrogens with zero attached hydrogens (tertiary/aromatic N) is 2. The first-order chi connectivity index (χ1) is 13.4. The molecule has 1 aliphatic rings. The molecule has 0 spiro atoms. The topological polar surface area (TPSA) is 40.6 Å². The van der Waals surface area contributed by atoms with E-state index >= 15 is 0 Å². The highest BCUT2D eigenvalue weighted by Crippen LogP contribution is 2.15. The minimum Gasteiger partial charge on any atom is -0.341 e. The summed E-state index contributed by atoms with van der Waals surface area (Å²) in [6.45, 7) is 3.95. The normalized spacial score (nSPS) is 15.8. The number of carbonyl (C=O) groups is 2. The number of amides is 2. The van der Waals surface area contributed by atoms with Gasteiger partial charge in [0.1, 0.15) is 11.6 Å². The van der Waals surface area contributed by atoms with Crippen LogP contribution in [-0.2, 0) is 11.2 Å². The molecule has 2 aromatic carbocycles. The number of rotatable bonds is 4. The zero-order valence-electron chi connectivity index (χ0n) is 15.9. The van der Waals surface area contributed by atoms with Crippen molar-refractivity contribution in [1.82, 2.24) is 9.80 Å². The molecular weight excluding hydrogens is 362 g/mol. The Bertz CT molecular complexity index is 821. The molecule has 3 rings (SSSR count). The summed E-state index contributed by atoms with van der Waals surface area (Å²) in [5.41, 5.74) is 1.37. The molecule has 2 amide bonds. The fourth-order valence-corrected chi connectivity index (χ4v) is 3.49. The van der Waals surface area contributed by atoms with Crippen LogP contribution in [0.5, 0.6) is 0 Å². The third-order valence-corrected chi connectivity index (χ3v) is 5.06. The largest absolute Gasteiger partial charge is 0.341 e. The van der Waals surface area contributed by atoms with Crippen molar-refractivity contribution < 1.29 is 18.4 Å². The van der Waals surface area contributed by atoms with Crippen LogP contribution in [0.1, 0.15) is 29.3 Å².